The van der Waals surface area contributed by atoms with Gasteiger partial charge in [-0.1, -0.05) is 0 Å². The van der Waals surface area contributed by atoms with Crippen molar-refractivity contribution in [2.45, 2.75) is 12.5 Å². The molecular weight excluding hydrogens is 313 g/mol. The van der Waals surface area contributed by atoms with Crippen LogP contribution in [-0.4, -0.2) is 53.6 Å². The highest BCUT2D eigenvalue weighted by Gasteiger charge is 2.34. The van der Waals surface area contributed by atoms with Crippen molar-refractivity contribution in [2.24, 2.45) is 0 Å². The minimum Gasteiger partial charge on any atom is -0.490 e. The molecule has 0 bridgehead atoms. The van der Waals surface area contributed by atoms with E-state index in [1.807, 2.05) is 11.8 Å². The van der Waals surface area contributed by atoms with Crippen LogP contribution in [0.15, 0.2) is 36.5 Å². The molecule has 0 aliphatic carbocycles. The zero-order valence-electron chi connectivity index (χ0n) is 13.5. The molecule has 0 unspecified atom stereocenters. The Morgan fingerprint density at radius 1 is 1.33 bits per heavy atom. The smallest absolute Gasteiger partial charge is 0.139 e. The molecule has 1 aromatic carbocycles. The lowest BCUT2D eigenvalue weighted by Gasteiger charge is -2.31. The van der Waals surface area contributed by atoms with Gasteiger partial charge in [-0.2, -0.15) is 0 Å². The van der Waals surface area contributed by atoms with Crippen molar-refractivity contribution >= 4 is 5.82 Å². The van der Waals surface area contributed by atoms with E-state index < -0.39 is 5.60 Å². The van der Waals surface area contributed by atoms with Gasteiger partial charge >= 0.3 is 0 Å². The van der Waals surface area contributed by atoms with E-state index in [2.05, 4.69) is 9.97 Å². The highest BCUT2D eigenvalue weighted by atomic mass is 19.1. The molecule has 0 saturated carbocycles. The number of aliphatic hydroxyl groups is 1. The molecule has 1 fully saturated rings. The van der Waals surface area contributed by atoms with Gasteiger partial charge < -0.3 is 19.5 Å². The first kappa shape index (κ1) is 16.6. The first-order chi connectivity index (χ1) is 11.5. The van der Waals surface area contributed by atoms with E-state index in [1.54, 1.807) is 12.3 Å². The van der Waals surface area contributed by atoms with Gasteiger partial charge in [0, 0.05) is 12.7 Å². The number of aryl methyl sites for hydroxylation is 1. The predicted octanol–water partition coefficient (Wildman–Crippen LogP) is 1.57. The summed E-state index contributed by atoms with van der Waals surface area (Å²) in [5.41, 5.74) is -1.19. The Morgan fingerprint density at radius 2 is 2.12 bits per heavy atom. The van der Waals surface area contributed by atoms with Gasteiger partial charge in [0.25, 0.3) is 0 Å². The largest absolute Gasteiger partial charge is 0.490 e. The molecule has 0 radical (unpaired) electrons. The highest BCUT2D eigenvalue weighted by molar-refractivity contribution is 5.38. The number of anilines is 1. The number of halogens is 1. The third-order valence-electron chi connectivity index (χ3n) is 3.77. The van der Waals surface area contributed by atoms with Crippen molar-refractivity contribution in [3.63, 3.8) is 0 Å². The van der Waals surface area contributed by atoms with E-state index >= 15 is 0 Å². The van der Waals surface area contributed by atoms with Crippen molar-refractivity contribution in [3.8, 4) is 5.75 Å². The second-order valence-electron chi connectivity index (χ2n) is 5.90. The van der Waals surface area contributed by atoms with Gasteiger partial charge in [-0.15, -0.1) is 0 Å². The maximum Gasteiger partial charge on any atom is 0.139 e. The summed E-state index contributed by atoms with van der Waals surface area (Å²) in [6.07, 6.45) is 1.69. The van der Waals surface area contributed by atoms with Gasteiger partial charge in [-0.05, 0) is 37.3 Å². The fourth-order valence-electron chi connectivity index (χ4n) is 2.57. The molecule has 0 spiro atoms. The Morgan fingerprint density at radius 3 is 2.88 bits per heavy atom. The van der Waals surface area contributed by atoms with E-state index in [0.29, 0.717) is 31.3 Å². The van der Waals surface area contributed by atoms with E-state index in [0.717, 1.165) is 5.82 Å². The summed E-state index contributed by atoms with van der Waals surface area (Å²) in [6.45, 7) is 3.46. The second-order valence-corrected chi connectivity index (χ2v) is 5.90. The number of hydrogen-bond donors (Lipinski definition) is 1. The van der Waals surface area contributed by atoms with E-state index in [4.69, 9.17) is 9.47 Å². The molecule has 2 heterocycles. The van der Waals surface area contributed by atoms with Crippen LogP contribution in [0.3, 0.4) is 0 Å². The number of ether oxygens (including phenoxy) is 2. The van der Waals surface area contributed by atoms with E-state index in [-0.39, 0.29) is 19.0 Å². The third-order valence-corrected chi connectivity index (χ3v) is 3.77. The molecule has 0 amide bonds. The Kier molecular flexibility index (Phi) is 4.92. The Balaban J connectivity index is 1.69. The third kappa shape index (κ3) is 4.18. The minimum atomic E-state index is -1.19. The average Bonchev–Trinajstić information content (AvgIpc) is 2.77. The van der Waals surface area contributed by atoms with Crippen LogP contribution in [0.5, 0.6) is 5.75 Å². The molecular formula is C17H20FN3O3. The first-order valence-corrected chi connectivity index (χ1v) is 7.77. The molecule has 2 aromatic rings. The Labute approximate surface area is 139 Å². The normalized spacial score (nSPS) is 21.4. The summed E-state index contributed by atoms with van der Waals surface area (Å²) in [4.78, 5) is 10.4. The fraction of sp³-hybridized carbons (Fsp3) is 0.412. The summed E-state index contributed by atoms with van der Waals surface area (Å²) in [6, 6.07) is 7.50. The molecule has 1 aliphatic rings. The molecule has 1 N–H and O–H groups in total. The Hall–Kier alpha value is -2.25. The summed E-state index contributed by atoms with van der Waals surface area (Å²) in [7, 11) is 0. The number of hydrogen-bond acceptors (Lipinski definition) is 6. The summed E-state index contributed by atoms with van der Waals surface area (Å²) >= 11 is 0. The zero-order valence-corrected chi connectivity index (χ0v) is 13.5. The number of aromatic nitrogens is 2. The van der Waals surface area contributed by atoms with E-state index in [1.165, 1.54) is 24.3 Å². The maximum atomic E-state index is 12.9. The van der Waals surface area contributed by atoms with Crippen LogP contribution in [0, 0.1) is 12.7 Å². The second kappa shape index (κ2) is 7.11. The van der Waals surface area contributed by atoms with Gasteiger partial charge in [-0.3, -0.25) is 0 Å². The van der Waals surface area contributed by atoms with Crippen LogP contribution in [0.4, 0.5) is 10.2 Å². The molecule has 128 valence electrons. The maximum absolute atomic E-state index is 12.9. The summed E-state index contributed by atoms with van der Waals surface area (Å²) in [5, 5.41) is 10.9. The average molecular weight is 333 g/mol. The van der Waals surface area contributed by atoms with Crippen LogP contribution in [0.2, 0.25) is 0 Å². The molecule has 24 heavy (non-hydrogen) atoms. The molecule has 1 aliphatic heterocycles. The predicted molar refractivity (Wildman–Crippen MR) is 86.6 cm³/mol. The van der Waals surface area contributed by atoms with Crippen molar-refractivity contribution in [2.75, 3.05) is 37.8 Å². The van der Waals surface area contributed by atoms with Crippen LogP contribution in [0.25, 0.3) is 0 Å². The molecule has 1 atom stereocenters. The molecule has 1 aromatic heterocycles. The number of rotatable bonds is 4. The molecule has 6 nitrogen and oxygen atoms in total. The van der Waals surface area contributed by atoms with Crippen molar-refractivity contribution < 1.29 is 19.0 Å². The van der Waals surface area contributed by atoms with Gasteiger partial charge in [0.2, 0.25) is 0 Å². The minimum absolute atomic E-state index is 0.0409. The molecule has 1 saturated heterocycles. The molecule has 3 rings (SSSR count). The van der Waals surface area contributed by atoms with Gasteiger partial charge in [0.1, 0.15) is 35.4 Å². The lowest BCUT2D eigenvalue weighted by Crippen LogP contribution is -2.49. The number of β-amino-alcohol motifs (C(OH)–C–C–N with tert-alkyl or cyclic N) is 1. The lowest BCUT2D eigenvalue weighted by molar-refractivity contribution is -0.0536. The van der Waals surface area contributed by atoms with E-state index in [9.17, 15) is 9.50 Å². The SMILES string of the molecule is Cc1nccc(N2CCOC[C@](O)(COc3ccc(F)cc3)C2)n1. The molecule has 7 heteroatoms. The number of benzene rings is 1. The Bertz CT molecular complexity index is 683. The highest BCUT2D eigenvalue weighted by Crippen LogP contribution is 2.20. The first-order valence-electron chi connectivity index (χ1n) is 7.77. The monoisotopic (exact) mass is 333 g/mol. The van der Waals surface area contributed by atoms with Crippen molar-refractivity contribution in [3.05, 3.63) is 48.2 Å². The summed E-state index contributed by atoms with van der Waals surface area (Å²) < 4.78 is 24.1. The summed E-state index contributed by atoms with van der Waals surface area (Å²) in [5.74, 6) is 1.58. The van der Waals surface area contributed by atoms with Gasteiger partial charge in [0.15, 0.2) is 0 Å². The van der Waals surface area contributed by atoms with Crippen LogP contribution in [0.1, 0.15) is 5.82 Å². The van der Waals surface area contributed by atoms with Crippen LogP contribution in [-0.2, 0) is 4.74 Å². The lowest BCUT2D eigenvalue weighted by atomic mass is 10.1. The zero-order chi connectivity index (χ0) is 17.0. The number of nitrogens with zero attached hydrogens (tertiary/aromatic N) is 3. The standard InChI is InChI=1S/C17H20FN3O3/c1-13-19-7-6-16(20-13)21-8-9-23-11-17(22,10-21)12-24-15-4-2-14(18)3-5-15/h2-7,22H,8-12H2,1H3/t17-/m0/s1. The topological polar surface area (TPSA) is 67.7 Å². The fourth-order valence-corrected chi connectivity index (χ4v) is 2.57. The quantitative estimate of drug-likeness (QED) is 0.916. The van der Waals surface area contributed by atoms with Gasteiger partial charge in [0.05, 0.1) is 19.8 Å². The van der Waals surface area contributed by atoms with Crippen LogP contribution < -0.4 is 9.64 Å². The van der Waals surface area contributed by atoms with Crippen LogP contribution >= 0.6 is 0 Å². The van der Waals surface area contributed by atoms with Crippen molar-refractivity contribution in [1.82, 2.24) is 9.97 Å². The van der Waals surface area contributed by atoms with Crippen molar-refractivity contribution in [1.29, 1.82) is 0 Å². The van der Waals surface area contributed by atoms with Gasteiger partial charge in [-0.25, -0.2) is 14.4 Å².